The van der Waals surface area contributed by atoms with Gasteiger partial charge in [-0.2, -0.15) is 5.10 Å². The molecule has 0 aromatic carbocycles. The summed E-state index contributed by atoms with van der Waals surface area (Å²) in [6.45, 7) is 6.91. The van der Waals surface area contributed by atoms with Crippen molar-refractivity contribution in [3.05, 3.63) is 15.8 Å². The summed E-state index contributed by atoms with van der Waals surface area (Å²) in [5, 5.41) is 25.7. The molecule has 7 heteroatoms. The first-order chi connectivity index (χ1) is 9.32. The summed E-state index contributed by atoms with van der Waals surface area (Å²) in [4.78, 5) is 12.9. The zero-order valence-electron chi connectivity index (χ0n) is 12.4. The number of β-amino-alcohol motifs (C(OH)–C–C–N with tert-alkyl or cyclic N) is 1. The Morgan fingerprint density at radius 1 is 1.50 bits per heavy atom. The fourth-order valence-corrected chi connectivity index (χ4v) is 2.68. The van der Waals surface area contributed by atoms with Crippen molar-refractivity contribution in [2.45, 2.75) is 39.2 Å². The smallest absolute Gasteiger partial charge is 0.334 e. The van der Waals surface area contributed by atoms with E-state index >= 15 is 0 Å². The fraction of sp³-hybridized carbons (Fsp3) is 0.769. The van der Waals surface area contributed by atoms with Crippen LogP contribution in [0.25, 0.3) is 0 Å². The van der Waals surface area contributed by atoms with Crippen LogP contribution in [0.2, 0.25) is 0 Å². The van der Waals surface area contributed by atoms with Crippen molar-refractivity contribution in [3.8, 4) is 0 Å². The van der Waals surface area contributed by atoms with Crippen molar-refractivity contribution in [2.24, 2.45) is 13.0 Å². The van der Waals surface area contributed by atoms with E-state index < -0.39 is 6.10 Å². The molecule has 112 valence electrons. The summed E-state index contributed by atoms with van der Waals surface area (Å²) in [5.41, 5.74) is 0.574. The summed E-state index contributed by atoms with van der Waals surface area (Å²) in [7, 11) is 1.72. The van der Waals surface area contributed by atoms with Crippen LogP contribution in [0.4, 0.5) is 11.5 Å². The first kappa shape index (κ1) is 14.8. The number of hydrogen-bond acceptors (Lipinski definition) is 5. The van der Waals surface area contributed by atoms with Gasteiger partial charge in [-0.1, -0.05) is 20.8 Å². The zero-order chi connectivity index (χ0) is 15.0. The Morgan fingerprint density at radius 2 is 2.15 bits per heavy atom. The average Bonchev–Trinajstić information content (AvgIpc) is 2.71. The third-order valence-corrected chi connectivity index (χ3v) is 3.97. The molecular formula is C13H22N4O3. The topological polar surface area (TPSA) is 84.4 Å². The minimum Gasteiger partial charge on any atom is -0.391 e. The van der Waals surface area contributed by atoms with Crippen LogP contribution >= 0.6 is 0 Å². The van der Waals surface area contributed by atoms with Crippen LogP contribution < -0.4 is 4.90 Å². The van der Waals surface area contributed by atoms with Gasteiger partial charge in [-0.15, -0.1) is 0 Å². The van der Waals surface area contributed by atoms with Gasteiger partial charge in [0.05, 0.1) is 11.0 Å². The number of rotatable bonds is 3. The number of aryl methyl sites for hydroxylation is 1. The van der Waals surface area contributed by atoms with Crippen LogP contribution in [0.1, 0.15) is 38.8 Å². The van der Waals surface area contributed by atoms with Gasteiger partial charge in [-0.05, 0) is 12.3 Å². The van der Waals surface area contributed by atoms with E-state index in [0.717, 1.165) is 6.42 Å². The Kier molecular flexibility index (Phi) is 3.99. The minimum absolute atomic E-state index is 0.0102. The Morgan fingerprint density at radius 3 is 2.65 bits per heavy atom. The highest BCUT2D eigenvalue weighted by molar-refractivity contribution is 5.62. The molecule has 2 unspecified atom stereocenters. The molecule has 2 atom stereocenters. The van der Waals surface area contributed by atoms with Crippen LogP contribution in [0, 0.1) is 16.0 Å². The van der Waals surface area contributed by atoms with E-state index in [0.29, 0.717) is 24.6 Å². The first-order valence-electron chi connectivity index (χ1n) is 6.97. The highest BCUT2D eigenvalue weighted by Gasteiger charge is 2.35. The number of aliphatic hydroxyl groups excluding tert-OH is 1. The molecule has 1 saturated heterocycles. The van der Waals surface area contributed by atoms with Crippen molar-refractivity contribution in [1.29, 1.82) is 0 Å². The third-order valence-electron chi connectivity index (χ3n) is 3.97. The first-order valence-corrected chi connectivity index (χ1v) is 6.97. The van der Waals surface area contributed by atoms with Gasteiger partial charge in [-0.25, -0.2) is 4.68 Å². The van der Waals surface area contributed by atoms with Crippen molar-refractivity contribution in [2.75, 3.05) is 18.0 Å². The van der Waals surface area contributed by atoms with Crippen molar-refractivity contribution >= 4 is 11.5 Å². The molecule has 1 aromatic heterocycles. The van der Waals surface area contributed by atoms with Crippen LogP contribution in [0.15, 0.2) is 0 Å². The Hall–Kier alpha value is -1.63. The molecule has 0 saturated carbocycles. The second-order valence-corrected chi connectivity index (χ2v) is 5.87. The Bertz CT molecular complexity index is 512. The molecule has 1 aromatic rings. The molecule has 1 fully saturated rings. The highest BCUT2D eigenvalue weighted by atomic mass is 16.6. The summed E-state index contributed by atoms with van der Waals surface area (Å²) in [6, 6.07) is 0. The van der Waals surface area contributed by atoms with Crippen LogP contribution in [-0.4, -0.2) is 39.0 Å². The van der Waals surface area contributed by atoms with Crippen molar-refractivity contribution < 1.29 is 10.0 Å². The molecule has 1 aliphatic rings. The number of aromatic nitrogens is 2. The second-order valence-electron chi connectivity index (χ2n) is 5.87. The van der Waals surface area contributed by atoms with Gasteiger partial charge < -0.3 is 10.0 Å². The summed E-state index contributed by atoms with van der Waals surface area (Å²) in [5.74, 6) is 0.719. The summed E-state index contributed by atoms with van der Waals surface area (Å²) < 4.78 is 1.57. The van der Waals surface area contributed by atoms with E-state index in [1.807, 2.05) is 25.7 Å². The fourth-order valence-electron chi connectivity index (χ4n) is 2.68. The van der Waals surface area contributed by atoms with Gasteiger partial charge in [0, 0.05) is 26.1 Å². The molecular weight excluding hydrogens is 260 g/mol. The predicted octanol–water partition coefficient (Wildman–Crippen LogP) is 1.66. The van der Waals surface area contributed by atoms with E-state index in [1.54, 1.807) is 11.7 Å². The van der Waals surface area contributed by atoms with Crippen LogP contribution in [-0.2, 0) is 7.05 Å². The van der Waals surface area contributed by atoms with E-state index in [9.17, 15) is 15.2 Å². The van der Waals surface area contributed by atoms with E-state index in [4.69, 9.17) is 0 Å². The van der Waals surface area contributed by atoms with E-state index in [1.165, 1.54) is 0 Å². The summed E-state index contributed by atoms with van der Waals surface area (Å²) in [6.07, 6.45) is 0.362. The molecule has 1 aliphatic heterocycles. The van der Waals surface area contributed by atoms with Crippen molar-refractivity contribution in [1.82, 2.24) is 9.78 Å². The SMILES string of the molecule is CC(C)c1nn(C)c(N2CCC(C)C(O)C2)c1[N+](=O)[O-]. The molecule has 0 spiro atoms. The molecule has 7 nitrogen and oxygen atoms in total. The normalized spacial score (nSPS) is 23.4. The van der Waals surface area contributed by atoms with Crippen LogP contribution in [0.3, 0.4) is 0 Å². The van der Waals surface area contributed by atoms with Crippen molar-refractivity contribution in [3.63, 3.8) is 0 Å². The lowest BCUT2D eigenvalue weighted by Gasteiger charge is -2.34. The second kappa shape index (κ2) is 5.40. The zero-order valence-corrected chi connectivity index (χ0v) is 12.4. The van der Waals surface area contributed by atoms with Gasteiger partial charge in [0.1, 0.15) is 5.69 Å². The largest absolute Gasteiger partial charge is 0.391 e. The maximum absolute atomic E-state index is 11.4. The minimum atomic E-state index is -0.458. The lowest BCUT2D eigenvalue weighted by Crippen LogP contribution is -2.43. The van der Waals surface area contributed by atoms with Gasteiger partial charge in [0.2, 0.25) is 5.82 Å². The Labute approximate surface area is 118 Å². The molecule has 2 heterocycles. The van der Waals surface area contributed by atoms with Gasteiger partial charge >= 0.3 is 5.69 Å². The highest BCUT2D eigenvalue weighted by Crippen LogP contribution is 2.36. The molecule has 0 aliphatic carbocycles. The van der Waals surface area contributed by atoms with E-state index in [2.05, 4.69) is 5.10 Å². The molecule has 2 rings (SSSR count). The summed E-state index contributed by atoms with van der Waals surface area (Å²) >= 11 is 0. The molecule has 0 amide bonds. The number of piperidine rings is 1. The maximum Gasteiger partial charge on any atom is 0.334 e. The number of anilines is 1. The quantitative estimate of drug-likeness (QED) is 0.673. The lowest BCUT2D eigenvalue weighted by atomic mass is 9.96. The molecule has 0 bridgehead atoms. The average molecular weight is 282 g/mol. The van der Waals surface area contributed by atoms with E-state index in [-0.39, 0.29) is 22.4 Å². The number of nitro groups is 1. The lowest BCUT2D eigenvalue weighted by molar-refractivity contribution is -0.385. The standard InChI is InChI=1S/C13H22N4O3/c1-8(2)11-12(17(19)20)13(15(4)14-11)16-6-5-9(3)10(18)7-16/h8-10,18H,5-7H2,1-4H3. The van der Waals surface area contributed by atoms with Crippen LogP contribution in [0.5, 0.6) is 0 Å². The van der Waals surface area contributed by atoms with Gasteiger partial charge in [-0.3, -0.25) is 10.1 Å². The molecule has 1 N–H and O–H groups in total. The third kappa shape index (κ3) is 2.49. The maximum atomic E-state index is 11.4. The number of nitrogens with zero attached hydrogens (tertiary/aromatic N) is 4. The number of aliphatic hydroxyl groups is 1. The van der Waals surface area contributed by atoms with Gasteiger partial charge in [0.15, 0.2) is 0 Å². The Balaban J connectivity index is 2.43. The molecule has 20 heavy (non-hydrogen) atoms. The molecule has 0 radical (unpaired) electrons. The monoisotopic (exact) mass is 282 g/mol. The van der Waals surface area contributed by atoms with Gasteiger partial charge in [0.25, 0.3) is 0 Å². The number of hydrogen-bond donors (Lipinski definition) is 1. The predicted molar refractivity (Wildman–Crippen MR) is 76.0 cm³/mol.